The average molecular weight is 274 g/mol. The maximum absolute atomic E-state index is 6.02. The van der Waals surface area contributed by atoms with E-state index in [-0.39, 0.29) is 0 Å². The second-order valence-corrected chi connectivity index (χ2v) is 5.54. The molecular formula is C13H17Cl2NO. The molecule has 3 rings (SSSR count). The Morgan fingerprint density at radius 3 is 2.47 bits per heavy atom. The maximum atomic E-state index is 6.02. The first-order chi connectivity index (χ1) is 8.14. The van der Waals surface area contributed by atoms with Gasteiger partial charge >= 0.3 is 0 Å². The van der Waals surface area contributed by atoms with Crippen LogP contribution in [-0.4, -0.2) is 27.3 Å². The molecule has 0 bridgehead atoms. The van der Waals surface area contributed by atoms with Gasteiger partial charge in [0.2, 0.25) is 0 Å². The van der Waals surface area contributed by atoms with Gasteiger partial charge in [-0.25, -0.2) is 0 Å². The quantitative estimate of drug-likeness (QED) is 0.849. The molecule has 2 fully saturated rings. The zero-order valence-electron chi connectivity index (χ0n) is 10.1. The highest BCUT2D eigenvalue weighted by Crippen LogP contribution is 2.56. The lowest BCUT2D eigenvalue weighted by Crippen LogP contribution is -2.19. The number of fused-ring (bicyclic) bond motifs is 1. The Morgan fingerprint density at radius 2 is 2.00 bits per heavy atom. The minimum atomic E-state index is 0.383. The molecule has 17 heavy (non-hydrogen) atoms. The van der Waals surface area contributed by atoms with Gasteiger partial charge in [-0.2, -0.15) is 0 Å². The summed E-state index contributed by atoms with van der Waals surface area (Å²) in [7, 11) is 3.25. The highest BCUT2D eigenvalue weighted by atomic mass is 35.5. The standard InChI is InChI=1S/C11H11Cl2N.C2H6O/c12-9-2-1-7(3-10(9)13)11-4-8(11)5-14-6-11;1-3-2/h1-3,8,14H,4-6H2;1-2H3/t8-,11+;/m1./s1. The molecule has 4 heteroatoms. The SMILES string of the molecule is COC.Clc1ccc([C@]23CNC[C@H]2C3)cc1Cl. The molecule has 2 nitrogen and oxygen atoms in total. The first kappa shape index (κ1) is 13.2. The topological polar surface area (TPSA) is 21.3 Å². The highest BCUT2D eigenvalue weighted by Gasteiger charge is 2.57. The summed E-state index contributed by atoms with van der Waals surface area (Å²) >= 11 is 11.9. The Balaban J connectivity index is 0.000000329. The summed E-state index contributed by atoms with van der Waals surface area (Å²) < 4.78 is 4.25. The normalized spacial score (nSPS) is 29.3. The van der Waals surface area contributed by atoms with E-state index in [0.717, 1.165) is 19.0 Å². The van der Waals surface area contributed by atoms with Crippen molar-refractivity contribution in [3.05, 3.63) is 33.8 Å². The number of piperidine rings is 1. The van der Waals surface area contributed by atoms with Crippen LogP contribution in [0, 0.1) is 5.92 Å². The van der Waals surface area contributed by atoms with E-state index in [2.05, 4.69) is 16.1 Å². The Bertz CT molecular complexity index is 410. The van der Waals surface area contributed by atoms with Crippen LogP contribution in [0.2, 0.25) is 10.0 Å². The number of benzene rings is 1. The summed E-state index contributed by atoms with van der Waals surface area (Å²) in [6.07, 6.45) is 1.30. The molecule has 1 saturated heterocycles. The van der Waals surface area contributed by atoms with Crippen molar-refractivity contribution in [1.82, 2.24) is 5.32 Å². The number of halogens is 2. The Morgan fingerprint density at radius 1 is 1.29 bits per heavy atom. The van der Waals surface area contributed by atoms with E-state index in [1.165, 1.54) is 12.0 Å². The minimum Gasteiger partial charge on any atom is -0.388 e. The molecule has 94 valence electrons. The van der Waals surface area contributed by atoms with Crippen LogP contribution in [0.5, 0.6) is 0 Å². The molecule has 2 atom stereocenters. The third-order valence-corrected chi connectivity index (χ3v) is 4.30. The molecular weight excluding hydrogens is 257 g/mol. The van der Waals surface area contributed by atoms with Crippen molar-refractivity contribution in [3.63, 3.8) is 0 Å². The second kappa shape index (κ2) is 5.15. The van der Waals surface area contributed by atoms with Gasteiger partial charge in [0.15, 0.2) is 0 Å². The Labute approximate surface area is 112 Å². The Kier molecular flexibility index (Phi) is 3.99. The predicted octanol–water partition coefficient (Wildman–Crippen LogP) is 3.12. The third kappa shape index (κ3) is 2.45. The molecule has 0 spiro atoms. The largest absolute Gasteiger partial charge is 0.388 e. The fraction of sp³-hybridized carbons (Fsp3) is 0.538. The molecule has 1 aromatic rings. The lowest BCUT2D eigenvalue weighted by atomic mass is 9.95. The van der Waals surface area contributed by atoms with E-state index in [1.807, 2.05) is 12.1 Å². The molecule has 1 aliphatic carbocycles. The predicted molar refractivity (Wildman–Crippen MR) is 72.0 cm³/mol. The van der Waals surface area contributed by atoms with Crippen molar-refractivity contribution in [2.75, 3.05) is 27.3 Å². The smallest absolute Gasteiger partial charge is 0.0595 e. The van der Waals surface area contributed by atoms with Crippen LogP contribution in [0.15, 0.2) is 18.2 Å². The van der Waals surface area contributed by atoms with Crippen LogP contribution in [0.1, 0.15) is 12.0 Å². The van der Waals surface area contributed by atoms with Gasteiger partial charge in [-0.05, 0) is 36.6 Å². The van der Waals surface area contributed by atoms with Crippen LogP contribution in [-0.2, 0) is 10.2 Å². The molecule has 0 aromatic heterocycles. The number of hydrogen-bond acceptors (Lipinski definition) is 2. The lowest BCUT2D eigenvalue weighted by molar-refractivity contribution is 0.277. The summed E-state index contributed by atoms with van der Waals surface area (Å²) in [6.45, 7) is 2.25. The number of rotatable bonds is 1. The number of hydrogen-bond donors (Lipinski definition) is 1. The summed E-state index contributed by atoms with van der Waals surface area (Å²) in [4.78, 5) is 0. The van der Waals surface area contributed by atoms with Crippen molar-refractivity contribution >= 4 is 23.2 Å². The van der Waals surface area contributed by atoms with Gasteiger partial charge < -0.3 is 10.1 Å². The van der Waals surface area contributed by atoms with E-state index < -0.39 is 0 Å². The van der Waals surface area contributed by atoms with E-state index in [4.69, 9.17) is 23.2 Å². The molecule has 1 N–H and O–H groups in total. The third-order valence-electron chi connectivity index (χ3n) is 3.56. The molecule has 1 aliphatic heterocycles. The fourth-order valence-corrected chi connectivity index (χ4v) is 2.89. The van der Waals surface area contributed by atoms with Crippen LogP contribution < -0.4 is 5.32 Å². The second-order valence-electron chi connectivity index (χ2n) is 4.73. The summed E-state index contributed by atoms with van der Waals surface area (Å²) in [5.41, 5.74) is 1.73. The van der Waals surface area contributed by atoms with Gasteiger partial charge in [0.05, 0.1) is 10.0 Å². The first-order valence-electron chi connectivity index (χ1n) is 5.70. The van der Waals surface area contributed by atoms with Gasteiger partial charge in [-0.15, -0.1) is 0 Å². The van der Waals surface area contributed by atoms with Gasteiger partial charge in [0.1, 0.15) is 0 Å². The number of nitrogens with one attached hydrogen (secondary N) is 1. The molecule has 1 saturated carbocycles. The van der Waals surface area contributed by atoms with E-state index >= 15 is 0 Å². The summed E-state index contributed by atoms with van der Waals surface area (Å²) in [6, 6.07) is 6.04. The number of methoxy groups -OCH3 is 1. The van der Waals surface area contributed by atoms with Crippen molar-refractivity contribution in [2.45, 2.75) is 11.8 Å². The van der Waals surface area contributed by atoms with Crippen LogP contribution in [0.4, 0.5) is 0 Å². The molecule has 0 radical (unpaired) electrons. The highest BCUT2D eigenvalue weighted by molar-refractivity contribution is 6.42. The van der Waals surface area contributed by atoms with E-state index in [9.17, 15) is 0 Å². The van der Waals surface area contributed by atoms with Gasteiger partial charge in [-0.1, -0.05) is 29.3 Å². The molecule has 1 aromatic carbocycles. The number of ether oxygens (including phenoxy) is 1. The average Bonchev–Trinajstić information content (AvgIpc) is 2.87. The van der Waals surface area contributed by atoms with Crippen molar-refractivity contribution < 1.29 is 4.74 Å². The monoisotopic (exact) mass is 273 g/mol. The molecule has 1 heterocycles. The van der Waals surface area contributed by atoms with Crippen molar-refractivity contribution in [2.24, 2.45) is 5.92 Å². The molecule has 0 unspecified atom stereocenters. The van der Waals surface area contributed by atoms with E-state index in [0.29, 0.717) is 15.5 Å². The Hall–Kier alpha value is -0.280. The zero-order valence-corrected chi connectivity index (χ0v) is 11.6. The maximum Gasteiger partial charge on any atom is 0.0595 e. The van der Waals surface area contributed by atoms with Crippen LogP contribution in [0.3, 0.4) is 0 Å². The van der Waals surface area contributed by atoms with Crippen molar-refractivity contribution in [1.29, 1.82) is 0 Å². The van der Waals surface area contributed by atoms with Crippen LogP contribution in [0.25, 0.3) is 0 Å². The minimum absolute atomic E-state index is 0.383. The van der Waals surface area contributed by atoms with Gasteiger partial charge in [0.25, 0.3) is 0 Å². The van der Waals surface area contributed by atoms with Crippen molar-refractivity contribution in [3.8, 4) is 0 Å². The fourth-order valence-electron chi connectivity index (χ4n) is 2.60. The molecule has 0 amide bonds. The van der Waals surface area contributed by atoms with Gasteiger partial charge in [-0.3, -0.25) is 0 Å². The van der Waals surface area contributed by atoms with Gasteiger partial charge in [0, 0.05) is 26.2 Å². The summed E-state index contributed by atoms with van der Waals surface area (Å²) in [5, 5.41) is 4.74. The lowest BCUT2D eigenvalue weighted by Gasteiger charge is -2.12. The van der Waals surface area contributed by atoms with Crippen LogP contribution >= 0.6 is 23.2 Å². The summed E-state index contributed by atoms with van der Waals surface area (Å²) in [5.74, 6) is 0.819. The molecule has 2 aliphatic rings. The zero-order chi connectivity index (χ0) is 12.5. The first-order valence-corrected chi connectivity index (χ1v) is 6.46. The van der Waals surface area contributed by atoms with E-state index in [1.54, 1.807) is 14.2 Å².